The van der Waals surface area contributed by atoms with Crippen LogP contribution >= 0.6 is 0 Å². The molecule has 0 aromatic heterocycles. The number of hydrogen-bond donors (Lipinski definition) is 2. The second-order valence-electron chi connectivity index (χ2n) is 5.61. The zero-order valence-electron chi connectivity index (χ0n) is 13.3. The summed E-state index contributed by atoms with van der Waals surface area (Å²) in [6, 6.07) is 11.7. The standard InChI is InChI=1S/C18H13NO7/c20-17(21)13(18(22)23)9-12-15(19(24)25)14(10-5-2-1-3-6-10)11-7-4-8-26-16(11)12/h1-8,13H,9H2,(H,20,21)(H,22,23). The van der Waals surface area contributed by atoms with Gasteiger partial charge in [0.2, 0.25) is 0 Å². The molecule has 132 valence electrons. The van der Waals surface area contributed by atoms with E-state index in [1.54, 1.807) is 42.5 Å². The maximum atomic E-state index is 11.8. The van der Waals surface area contributed by atoms with Crippen molar-refractivity contribution in [2.75, 3.05) is 0 Å². The minimum atomic E-state index is -1.82. The van der Waals surface area contributed by atoms with E-state index in [9.17, 15) is 19.7 Å². The van der Waals surface area contributed by atoms with Crippen LogP contribution in [0.25, 0.3) is 22.5 Å². The zero-order chi connectivity index (χ0) is 18.8. The number of nitro groups is 1. The number of aliphatic carboxylic acids is 2. The lowest BCUT2D eigenvalue weighted by Gasteiger charge is -2.07. The normalized spacial score (nSPS) is 11.0. The van der Waals surface area contributed by atoms with E-state index in [0.29, 0.717) is 11.1 Å². The van der Waals surface area contributed by atoms with E-state index in [1.165, 1.54) is 6.26 Å². The Morgan fingerprint density at radius 2 is 1.73 bits per heavy atom. The first-order valence-corrected chi connectivity index (χ1v) is 7.59. The van der Waals surface area contributed by atoms with Crippen molar-refractivity contribution in [3.8, 4) is 22.5 Å². The molecule has 1 aliphatic heterocycles. The average molecular weight is 355 g/mol. The van der Waals surface area contributed by atoms with Gasteiger partial charge in [-0.1, -0.05) is 30.3 Å². The molecule has 0 fully saturated rings. The third kappa shape index (κ3) is 2.88. The molecule has 8 heteroatoms. The molecule has 0 saturated heterocycles. The smallest absolute Gasteiger partial charge is 0.318 e. The Hall–Kier alpha value is -3.68. The highest BCUT2D eigenvalue weighted by Gasteiger charge is 2.38. The number of carbonyl (C=O) groups is 2. The van der Waals surface area contributed by atoms with Crippen LogP contribution in [0.1, 0.15) is 5.56 Å². The quantitative estimate of drug-likeness (QED) is 0.394. The molecule has 1 aromatic rings. The van der Waals surface area contributed by atoms with Gasteiger partial charge in [0.15, 0.2) is 5.92 Å². The van der Waals surface area contributed by atoms with Gasteiger partial charge in [0, 0.05) is 12.0 Å². The number of nitrogens with zero attached hydrogens (tertiary/aromatic N) is 1. The fourth-order valence-electron chi connectivity index (χ4n) is 2.97. The van der Waals surface area contributed by atoms with Gasteiger partial charge in [-0.2, -0.15) is 0 Å². The first-order valence-electron chi connectivity index (χ1n) is 7.59. The largest absolute Gasteiger partial charge is 0.481 e. The molecule has 0 bridgehead atoms. The Kier molecular flexibility index (Phi) is 4.40. The number of hydrogen-bond acceptors (Lipinski definition) is 5. The van der Waals surface area contributed by atoms with Crippen molar-refractivity contribution in [3.63, 3.8) is 0 Å². The van der Waals surface area contributed by atoms with Crippen molar-refractivity contribution < 1.29 is 29.1 Å². The van der Waals surface area contributed by atoms with Crippen LogP contribution in [-0.2, 0) is 16.0 Å². The monoisotopic (exact) mass is 355 g/mol. The van der Waals surface area contributed by atoms with E-state index < -0.39 is 29.2 Å². The molecule has 8 nitrogen and oxygen atoms in total. The molecule has 2 N–H and O–H groups in total. The molecule has 0 radical (unpaired) electrons. The van der Waals surface area contributed by atoms with E-state index in [2.05, 4.69) is 0 Å². The number of fused-ring (bicyclic) bond motifs is 1. The summed E-state index contributed by atoms with van der Waals surface area (Å²) < 4.78 is 5.41. The molecular formula is C18H13NO7. The van der Waals surface area contributed by atoms with Crippen molar-refractivity contribution >= 4 is 17.6 Å². The lowest BCUT2D eigenvalue weighted by atomic mass is 9.99. The molecule has 1 aromatic carbocycles. The molecule has 0 atom stereocenters. The van der Waals surface area contributed by atoms with Crippen LogP contribution in [0.2, 0.25) is 0 Å². The van der Waals surface area contributed by atoms with E-state index in [1.807, 2.05) is 0 Å². The van der Waals surface area contributed by atoms with Crippen LogP contribution in [0.3, 0.4) is 0 Å². The van der Waals surface area contributed by atoms with Crippen molar-refractivity contribution in [2.24, 2.45) is 5.92 Å². The zero-order valence-corrected chi connectivity index (χ0v) is 13.3. The predicted molar refractivity (Wildman–Crippen MR) is 89.9 cm³/mol. The number of rotatable bonds is 6. The molecule has 0 spiro atoms. The van der Waals surface area contributed by atoms with Crippen molar-refractivity contribution in [3.05, 3.63) is 64.4 Å². The number of carboxylic acids is 2. The van der Waals surface area contributed by atoms with Crippen LogP contribution in [0.4, 0.5) is 5.69 Å². The second kappa shape index (κ2) is 6.67. The summed E-state index contributed by atoms with van der Waals surface area (Å²) >= 11 is 0. The Balaban J connectivity index is 2.30. The van der Waals surface area contributed by atoms with Gasteiger partial charge in [-0.3, -0.25) is 19.7 Å². The van der Waals surface area contributed by atoms with E-state index in [0.717, 1.165) is 0 Å². The summed E-state index contributed by atoms with van der Waals surface area (Å²) in [4.78, 5) is 33.7. The van der Waals surface area contributed by atoms with Gasteiger partial charge < -0.3 is 14.6 Å². The summed E-state index contributed by atoms with van der Waals surface area (Å²) in [7, 11) is 0. The fraction of sp³-hybridized carbons (Fsp3) is 0.111. The highest BCUT2D eigenvalue weighted by Crippen LogP contribution is 2.48. The SMILES string of the molecule is O=C(O)C(Cc1c2occcc-2c(-c2ccccc2)c1[N+](=O)[O-])C(=O)O. The van der Waals surface area contributed by atoms with Crippen molar-refractivity contribution in [2.45, 2.75) is 6.42 Å². The van der Waals surface area contributed by atoms with Crippen molar-refractivity contribution in [1.29, 1.82) is 0 Å². The topological polar surface area (TPSA) is 131 Å². The molecular weight excluding hydrogens is 342 g/mol. The van der Waals surface area contributed by atoms with E-state index >= 15 is 0 Å². The molecule has 0 amide bonds. The van der Waals surface area contributed by atoms with Crippen molar-refractivity contribution in [1.82, 2.24) is 0 Å². The molecule has 0 unspecified atom stereocenters. The minimum Gasteiger partial charge on any atom is -0.481 e. The summed E-state index contributed by atoms with van der Waals surface area (Å²) in [5, 5.41) is 30.1. The van der Waals surface area contributed by atoms with Crippen LogP contribution in [0, 0.1) is 16.0 Å². The van der Waals surface area contributed by atoms with Gasteiger partial charge in [0.1, 0.15) is 5.76 Å². The van der Waals surface area contributed by atoms with Crippen LogP contribution in [-0.4, -0.2) is 27.1 Å². The minimum absolute atomic E-state index is 0.0424. The van der Waals surface area contributed by atoms with Gasteiger partial charge in [-0.15, -0.1) is 0 Å². The van der Waals surface area contributed by atoms with Gasteiger partial charge >= 0.3 is 11.9 Å². The van der Waals surface area contributed by atoms with E-state index in [4.69, 9.17) is 14.6 Å². The Bertz CT molecular complexity index is 947. The van der Waals surface area contributed by atoms with Gasteiger partial charge in [0.05, 0.1) is 22.3 Å². The first-order chi connectivity index (χ1) is 12.4. The molecule has 2 aliphatic rings. The molecule has 3 rings (SSSR count). The molecule has 0 saturated carbocycles. The first kappa shape index (κ1) is 17.2. The molecule has 1 heterocycles. The van der Waals surface area contributed by atoms with Crippen LogP contribution in [0.15, 0.2) is 53.1 Å². The Labute approximate surface area is 146 Å². The Morgan fingerprint density at radius 1 is 1.08 bits per heavy atom. The van der Waals surface area contributed by atoms with Gasteiger partial charge in [0.25, 0.3) is 5.69 Å². The number of carboxylic acid groups (broad SMARTS) is 2. The van der Waals surface area contributed by atoms with E-state index in [-0.39, 0.29) is 22.6 Å². The fourth-order valence-corrected chi connectivity index (χ4v) is 2.97. The van der Waals surface area contributed by atoms with Crippen LogP contribution in [0.5, 0.6) is 0 Å². The maximum absolute atomic E-state index is 11.8. The third-order valence-electron chi connectivity index (χ3n) is 4.09. The summed E-state index contributed by atoms with van der Waals surface area (Å²) in [6.07, 6.45) is 0.749. The Morgan fingerprint density at radius 3 is 2.31 bits per heavy atom. The summed E-state index contributed by atoms with van der Waals surface area (Å²) in [5.74, 6) is -4.85. The van der Waals surface area contributed by atoms with Gasteiger partial charge in [-0.05, 0) is 17.7 Å². The summed E-state index contributed by atoms with van der Waals surface area (Å²) in [5.41, 5.74) is 0.876. The maximum Gasteiger partial charge on any atom is 0.318 e. The van der Waals surface area contributed by atoms with Gasteiger partial charge in [-0.25, -0.2) is 0 Å². The highest BCUT2D eigenvalue weighted by molar-refractivity contribution is 5.97. The third-order valence-corrected chi connectivity index (χ3v) is 4.09. The highest BCUT2D eigenvalue weighted by atomic mass is 16.6. The second-order valence-corrected chi connectivity index (χ2v) is 5.61. The lowest BCUT2D eigenvalue weighted by Crippen LogP contribution is -2.25. The average Bonchev–Trinajstić information content (AvgIpc) is 2.94. The number of benzene rings is 1. The lowest BCUT2D eigenvalue weighted by molar-refractivity contribution is -0.384. The summed E-state index contributed by atoms with van der Waals surface area (Å²) in [6.45, 7) is 0. The molecule has 1 aliphatic carbocycles. The van der Waals surface area contributed by atoms with Crippen LogP contribution < -0.4 is 0 Å². The molecule has 26 heavy (non-hydrogen) atoms. The predicted octanol–water partition coefficient (Wildman–Crippen LogP) is 3.29.